The lowest BCUT2D eigenvalue weighted by molar-refractivity contribution is -0.119. The van der Waals surface area contributed by atoms with Crippen LogP contribution in [0.3, 0.4) is 0 Å². The minimum Gasteiger partial charge on any atom is -0.494 e. The molecule has 0 saturated carbocycles. The lowest BCUT2D eigenvalue weighted by Gasteiger charge is -2.36. The summed E-state index contributed by atoms with van der Waals surface area (Å²) >= 11 is 1.58. The van der Waals surface area contributed by atoms with Crippen molar-refractivity contribution in [1.29, 1.82) is 5.26 Å². The Labute approximate surface area is 164 Å². The fourth-order valence-corrected chi connectivity index (χ4v) is 4.23. The summed E-state index contributed by atoms with van der Waals surface area (Å²) in [6.45, 7) is 6.87. The first-order chi connectivity index (χ1) is 13.0. The second kappa shape index (κ2) is 7.98. The van der Waals surface area contributed by atoms with Gasteiger partial charge in [0.25, 0.3) is 5.91 Å². The standard InChI is InChI=1S/C22H24N2O2S/c1-4-5-10-26-17-8-6-16(7-9-17)22(3)12-18(19(13-23)21(25)24-22)20-11-15(2)14-27-20/h6-9,11,14H,4-5,10,12H2,1-3H3,(H,24,25)/t22-/m0/s1. The molecule has 140 valence electrons. The minimum atomic E-state index is -0.563. The Morgan fingerprint density at radius 1 is 1.33 bits per heavy atom. The average Bonchev–Trinajstić information content (AvgIpc) is 3.08. The molecule has 0 unspecified atom stereocenters. The average molecular weight is 381 g/mol. The first-order valence-electron chi connectivity index (χ1n) is 9.21. The molecule has 1 aromatic heterocycles. The third-order valence-electron chi connectivity index (χ3n) is 4.85. The number of aryl methyl sites for hydroxylation is 1. The summed E-state index contributed by atoms with van der Waals surface area (Å²) in [4.78, 5) is 13.6. The lowest BCUT2D eigenvalue weighted by Crippen LogP contribution is -2.47. The van der Waals surface area contributed by atoms with Crippen molar-refractivity contribution < 1.29 is 9.53 Å². The molecule has 3 rings (SSSR count). The Morgan fingerprint density at radius 2 is 2.07 bits per heavy atom. The van der Waals surface area contributed by atoms with E-state index < -0.39 is 5.54 Å². The Morgan fingerprint density at radius 3 is 2.67 bits per heavy atom. The van der Waals surface area contributed by atoms with Crippen molar-refractivity contribution in [2.75, 3.05) is 6.61 Å². The van der Waals surface area contributed by atoms with E-state index in [9.17, 15) is 10.1 Å². The number of hydrogen-bond acceptors (Lipinski definition) is 4. The van der Waals surface area contributed by atoms with Gasteiger partial charge in [0.15, 0.2) is 0 Å². The van der Waals surface area contributed by atoms with Gasteiger partial charge in [0.2, 0.25) is 0 Å². The molecule has 0 aliphatic carbocycles. The van der Waals surface area contributed by atoms with Gasteiger partial charge in [0, 0.05) is 11.3 Å². The summed E-state index contributed by atoms with van der Waals surface area (Å²) in [5, 5.41) is 14.6. The van der Waals surface area contributed by atoms with Crippen molar-refractivity contribution in [3.05, 3.63) is 57.3 Å². The Bertz CT molecular complexity index is 905. The van der Waals surface area contributed by atoms with E-state index in [4.69, 9.17) is 4.74 Å². The van der Waals surface area contributed by atoms with Gasteiger partial charge in [-0.05, 0) is 60.5 Å². The molecule has 0 radical (unpaired) electrons. The zero-order chi connectivity index (χ0) is 19.4. The van der Waals surface area contributed by atoms with Crippen molar-refractivity contribution in [2.24, 2.45) is 0 Å². The summed E-state index contributed by atoms with van der Waals surface area (Å²) < 4.78 is 5.73. The van der Waals surface area contributed by atoms with Gasteiger partial charge >= 0.3 is 0 Å². The number of carbonyl (C=O) groups is 1. The van der Waals surface area contributed by atoms with Gasteiger partial charge < -0.3 is 10.1 Å². The topological polar surface area (TPSA) is 62.1 Å². The molecule has 2 heterocycles. The Balaban J connectivity index is 1.89. The van der Waals surface area contributed by atoms with E-state index in [-0.39, 0.29) is 11.5 Å². The van der Waals surface area contributed by atoms with Gasteiger partial charge in [-0.1, -0.05) is 25.5 Å². The second-order valence-corrected chi connectivity index (χ2v) is 8.05. The molecule has 0 saturated heterocycles. The third-order valence-corrected chi connectivity index (χ3v) is 5.95. The number of amides is 1. The van der Waals surface area contributed by atoms with Gasteiger partial charge in [-0.3, -0.25) is 4.79 Å². The largest absolute Gasteiger partial charge is 0.494 e. The highest BCUT2D eigenvalue weighted by Gasteiger charge is 2.38. The van der Waals surface area contributed by atoms with Crippen LogP contribution in [-0.4, -0.2) is 12.5 Å². The van der Waals surface area contributed by atoms with Crippen LogP contribution in [-0.2, 0) is 10.3 Å². The molecule has 0 spiro atoms. The van der Waals surface area contributed by atoms with E-state index >= 15 is 0 Å². The molecule has 2 aromatic rings. The summed E-state index contributed by atoms with van der Waals surface area (Å²) in [5.41, 5.74) is 2.62. The van der Waals surface area contributed by atoms with Crippen molar-refractivity contribution in [3.8, 4) is 11.8 Å². The van der Waals surface area contributed by atoms with Crippen LogP contribution in [0.15, 0.2) is 41.3 Å². The number of thiophene rings is 1. The SMILES string of the molecule is CCCCOc1ccc([C@]2(C)CC(c3cc(C)cs3)=C(C#N)C(=O)N2)cc1. The highest BCUT2D eigenvalue weighted by atomic mass is 32.1. The van der Waals surface area contributed by atoms with Crippen LogP contribution in [0.5, 0.6) is 5.75 Å². The molecule has 1 aromatic carbocycles. The number of carbonyl (C=O) groups excluding carboxylic acids is 1. The number of rotatable bonds is 6. The molecule has 1 N–H and O–H groups in total. The number of benzene rings is 1. The van der Waals surface area contributed by atoms with Gasteiger partial charge in [0.05, 0.1) is 12.1 Å². The highest BCUT2D eigenvalue weighted by Crippen LogP contribution is 2.40. The normalized spacial score (nSPS) is 19.6. The number of hydrogen-bond donors (Lipinski definition) is 1. The summed E-state index contributed by atoms with van der Waals surface area (Å²) in [7, 11) is 0. The van der Waals surface area contributed by atoms with E-state index in [2.05, 4.69) is 18.3 Å². The highest BCUT2D eigenvalue weighted by molar-refractivity contribution is 7.11. The van der Waals surface area contributed by atoms with Gasteiger partial charge in [0.1, 0.15) is 17.4 Å². The van der Waals surface area contributed by atoms with Crippen LogP contribution in [0, 0.1) is 18.3 Å². The van der Waals surface area contributed by atoms with E-state index in [1.165, 1.54) is 0 Å². The Hall–Kier alpha value is -2.58. The number of nitrogens with zero attached hydrogens (tertiary/aromatic N) is 1. The monoisotopic (exact) mass is 380 g/mol. The van der Waals surface area contributed by atoms with E-state index in [1.54, 1.807) is 11.3 Å². The van der Waals surface area contributed by atoms with E-state index in [0.717, 1.165) is 40.2 Å². The quantitative estimate of drug-likeness (QED) is 0.722. The van der Waals surface area contributed by atoms with Crippen molar-refractivity contribution in [3.63, 3.8) is 0 Å². The molecule has 1 aliphatic heterocycles. The van der Waals surface area contributed by atoms with Gasteiger partial charge in [-0.15, -0.1) is 11.3 Å². The maximum absolute atomic E-state index is 12.6. The lowest BCUT2D eigenvalue weighted by atomic mass is 9.80. The fourth-order valence-electron chi connectivity index (χ4n) is 3.28. The first kappa shape index (κ1) is 19.2. The zero-order valence-corrected chi connectivity index (χ0v) is 16.8. The van der Waals surface area contributed by atoms with E-state index in [0.29, 0.717) is 13.0 Å². The number of nitriles is 1. The summed E-state index contributed by atoms with van der Waals surface area (Å²) in [5.74, 6) is 0.524. The summed E-state index contributed by atoms with van der Waals surface area (Å²) in [6.07, 6.45) is 2.71. The predicted octanol–water partition coefficient (Wildman–Crippen LogP) is 4.95. The maximum atomic E-state index is 12.6. The van der Waals surface area contributed by atoms with Gasteiger partial charge in [-0.25, -0.2) is 0 Å². The molecule has 0 bridgehead atoms. The molecule has 1 amide bonds. The van der Waals surface area contributed by atoms with Crippen LogP contribution in [0.2, 0.25) is 0 Å². The summed E-state index contributed by atoms with van der Waals surface area (Å²) in [6, 6.07) is 12.0. The van der Waals surface area contributed by atoms with Crippen LogP contribution >= 0.6 is 11.3 Å². The van der Waals surface area contributed by atoms with Crippen LogP contribution in [0.25, 0.3) is 5.57 Å². The molecule has 0 fully saturated rings. The maximum Gasteiger partial charge on any atom is 0.262 e. The number of unbranched alkanes of at least 4 members (excludes halogenated alkanes) is 1. The molecule has 5 heteroatoms. The molecular weight excluding hydrogens is 356 g/mol. The molecule has 1 atom stereocenters. The van der Waals surface area contributed by atoms with Crippen molar-refractivity contribution >= 4 is 22.8 Å². The third kappa shape index (κ3) is 4.06. The predicted molar refractivity (Wildman–Crippen MR) is 109 cm³/mol. The van der Waals surface area contributed by atoms with Crippen LogP contribution < -0.4 is 10.1 Å². The smallest absolute Gasteiger partial charge is 0.262 e. The van der Waals surface area contributed by atoms with E-state index in [1.807, 2.05) is 49.6 Å². The van der Waals surface area contributed by atoms with Gasteiger partial charge in [-0.2, -0.15) is 5.26 Å². The number of nitrogens with one attached hydrogen (secondary N) is 1. The Kier molecular flexibility index (Phi) is 5.67. The molecule has 27 heavy (non-hydrogen) atoms. The molecule has 1 aliphatic rings. The molecule has 4 nitrogen and oxygen atoms in total. The first-order valence-corrected chi connectivity index (χ1v) is 10.1. The fraction of sp³-hybridized carbons (Fsp3) is 0.364. The zero-order valence-electron chi connectivity index (χ0n) is 16.0. The minimum absolute atomic E-state index is 0.217. The molecular formula is C22H24N2O2S. The van der Waals surface area contributed by atoms with Crippen molar-refractivity contribution in [1.82, 2.24) is 5.32 Å². The van der Waals surface area contributed by atoms with Crippen molar-refractivity contribution in [2.45, 2.75) is 45.6 Å². The van der Waals surface area contributed by atoms with Crippen LogP contribution in [0.4, 0.5) is 0 Å². The van der Waals surface area contributed by atoms with Crippen LogP contribution in [0.1, 0.15) is 49.1 Å². The number of ether oxygens (including phenoxy) is 1. The second-order valence-electron chi connectivity index (χ2n) is 7.14.